The van der Waals surface area contributed by atoms with Crippen LogP contribution < -0.4 is 0 Å². The van der Waals surface area contributed by atoms with Gasteiger partial charge in [-0.2, -0.15) is 4.98 Å². The Balaban J connectivity index is 1.78. The van der Waals surface area contributed by atoms with E-state index in [1.807, 2.05) is 30.3 Å². The molecule has 0 unspecified atom stereocenters. The summed E-state index contributed by atoms with van der Waals surface area (Å²) in [7, 11) is 0. The molecule has 3 nitrogen and oxygen atoms in total. The van der Waals surface area contributed by atoms with E-state index in [9.17, 15) is 0 Å². The van der Waals surface area contributed by atoms with Crippen molar-refractivity contribution in [1.29, 1.82) is 0 Å². The molecule has 0 saturated heterocycles. The Morgan fingerprint density at radius 1 is 1.21 bits per heavy atom. The van der Waals surface area contributed by atoms with Crippen LogP contribution in [-0.4, -0.2) is 9.97 Å². The van der Waals surface area contributed by atoms with Crippen molar-refractivity contribution in [3.8, 4) is 0 Å². The maximum Gasteiger partial charge on any atom is 0.198 e. The minimum atomic E-state index is 0.643. The summed E-state index contributed by atoms with van der Waals surface area (Å²) in [5.41, 5.74) is 2.52. The molecule has 96 valence electrons. The first-order valence-corrected chi connectivity index (χ1v) is 7.03. The molecule has 1 aromatic carbocycles. The zero-order valence-corrected chi connectivity index (χ0v) is 12.3. The number of hydrogen-bond donors (Lipinski definition) is 0. The van der Waals surface area contributed by atoms with Crippen molar-refractivity contribution in [2.45, 2.75) is 12.8 Å². The molecule has 0 fully saturated rings. The van der Waals surface area contributed by atoms with Crippen molar-refractivity contribution in [2.24, 2.45) is 0 Å². The summed E-state index contributed by atoms with van der Waals surface area (Å²) in [5.74, 6) is 0.695. The minimum Gasteiger partial charge on any atom is -0.439 e. The summed E-state index contributed by atoms with van der Waals surface area (Å²) in [5, 5.41) is 0.751. The SMILES string of the molecule is Clc1cccc(CCc2nc3ncc(Br)cc3o2)c1. The van der Waals surface area contributed by atoms with Crippen LogP contribution in [0.2, 0.25) is 5.02 Å². The highest BCUT2D eigenvalue weighted by Gasteiger charge is 2.07. The number of rotatable bonds is 3. The number of benzene rings is 1. The van der Waals surface area contributed by atoms with Crippen molar-refractivity contribution < 1.29 is 4.42 Å². The van der Waals surface area contributed by atoms with Gasteiger partial charge >= 0.3 is 0 Å². The van der Waals surface area contributed by atoms with Gasteiger partial charge < -0.3 is 4.42 Å². The Morgan fingerprint density at radius 3 is 2.95 bits per heavy atom. The van der Waals surface area contributed by atoms with Gasteiger partial charge in [0, 0.05) is 28.2 Å². The molecular formula is C14H10BrClN2O. The molecule has 0 radical (unpaired) electrons. The van der Waals surface area contributed by atoms with Crippen LogP contribution in [0.1, 0.15) is 11.5 Å². The van der Waals surface area contributed by atoms with Crippen molar-refractivity contribution >= 4 is 38.8 Å². The Hall–Kier alpha value is -1.39. The number of aryl methyl sites for hydroxylation is 2. The lowest BCUT2D eigenvalue weighted by atomic mass is 10.1. The van der Waals surface area contributed by atoms with E-state index in [2.05, 4.69) is 25.9 Å². The molecule has 0 aliphatic heterocycles. The summed E-state index contributed by atoms with van der Waals surface area (Å²) < 4.78 is 6.55. The highest BCUT2D eigenvalue weighted by Crippen LogP contribution is 2.19. The third-order valence-corrected chi connectivity index (χ3v) is 3.44. The predicted molar refractivity (Wildman–Crippen MR) is 78.4 cm³/mol. The minimum absolute atomic E-state index is 0.643. The lowest BCUT2D eigenvalue weighted by Gasteiger charge is -1.98. The quantitative estimate of drug-likeness (QED) is 0.710. The van der Waals surface area contributed by atoms with E-state index < -0.39 is 0 Å². The standard InChI is InChI=1S/C14H10BrClN2O/c15-10-7-12-14(17-8-10)18-13(19-12)5-4-9-2-1-3-11(16)6-9/h1-3,6-8H,4-5H2. The van der Waals surface area contributed by atoms with E-state index in [4.69, 9.17) is 16.0 Å². The van der Waals surface area contributed by atoms with E-state index in [1.165, 1.54) is 5.56 Å². The molecular weight excluding hydrogens is 328 g/mol. The van der Waals surface area contributed by atoms with Crippen molar-refractivity contribution in [2.75, 3.05) is 0 Å². The molecule has 5 heteroatoms. The monoisotopic (exact) mass is 336 g/mol. The van der Waals surface area contributed by atoms with Gasteiger partial charge in [0.2, 0.25) is 0 Å². The van der Waals surface area contributed by atoms with Gasteiger partial charge in [0.1, 0.15) is 0 Å². The second-order valence-corrected chi connectivity index (χ2v) is 5.56. The van der Waals surface area contributed by atoms with Gasteiger partial charge in [-0.1, -0.05) is 23.7 Å². The molecule has 2 heterocycles. The van der Waals surface area contributed by atoms with Crippen LogP contribution in [0.5, 0.6) is 0 Å². The second-order valence-electron chi connectivity index (χ2n) is 4.21. The zero-order valence-electron chi connectivity index (χ0n) is 9.94. The van der Waals surface area contributed by atoms with E-state index in [0.29, 0.717) is 17.1 Å². The van der Waals surface area contributed by atoms with Crippen LogP contribution in [-0.2, 0) is 12.8 Å². The number of fused-ring (bicyclic) bond motifs is 1. The fourth-order valence-electron chi connectivity index (χ4n) is 1.89. The lowest BCUT2D eigenvalue weighted by molar-refractivity contribution is 0.528. The van der Waals surface area contributed by atoms with Gasteiger partial charge in [0.05, 0.1) is 0 Å². The first kappa shape index (κ1) is 12.6. The van der Waals surface area contributed by atoms with Gasteiger partial charge in [0.25, 0.3) is 0 Å². The summed E-state index contributed by atoms with van der Waals surface area (Å²) in [4.78, 5) is 8.56. The summed E-state index contributed by atoms with van der Waals surface area (Å²) in [6, 6.07) is 9.69. The number of pyridine rings is 1. The van der Waals surface area contributed by atoms with Crippen molar-refractivity contribution in [1.82, 2.24) is 9.97 Å². The molecule has 3 rings (SSSR count). The summed E-state index contributed by atoms with van der Waals surface area (Å²) >= 11 is 9.31. The number of oxazole rings is 1. The third kappa shape index (κ3) is 2.96. The van der Waals surface area contributed by atoms with Gasteiger partial charge in [0.15, 0.2) is 17.1 Å². The molecule has 0 saturated carbocycles. The molecule has 0 N–H and O–H groups in total. The smallest absolute Gasteiger partial charge is 0.198 e. The normalized spacial score (nSPS) is 11.1. The zero-order chi connectivity index (χ0) is 13.2. The van der Waals surface area contributed by atoms with E-state index in [-0.39, 0.29) is 0 Å². The number of halogens is 2. The van der Waals surface area contributed by atoms with Crippen molar-refractivity contribution in [3.63, 3.8) is 0 Å². The number of hydrogen-bond acceptors (Lipinski definition) is 3. The van der Waals surface area contributed by atoms with E-state index in [0.717, 1.165) is 22.3 Å². The summed E-state index contributed by atoms with van der Waals surface area (Å²) in [6.07, 6.45) is 3.29. The van der Waals surface area contributed by atoms with E-state index >= 15 is 0 Å². The molecule has 19 heavy (non-hydrogen) atoms. The molecule has 0 aliphatic rings. The Labute approximate surface area is 123 Å². The number of aromatic nitrogens is 2. The summed E-state index contributed by atoms with van der Waals surface area (Å²) in [6.45, 7) is 0. The molecule has 2 aromatic heterocycles. The van der Waals surface area contributed by atoms with Gasteiger partial charge in [-0.15, -0.1) is 0 Å². The van der Waals surface area contributed by atoms with Crippen LogP contribution in [0.3, 0.4) is 0 Å². The highest BCUT2D eigenvalue weighted by atomic mass is 79.9. The van der Waals surface area contributed by atoms with Crippen LogP contribution in [0, 0.1) is 0 Å². The van der Waals surface area contributed by atoms with Gasteiger partial charge in [-0.3, -0.25) is 0 Å². The van der Waals surface area contributed by atoms with Crippen LogP contribution in [0.25, 0.3) is 11.2 Å². The Bertz CT molecular complexity index is 726. The van der Waals surface area contributed by atoms with Gasteiger partial charge in [-0.05, 0) is 40.0 Å². The fraction of sp³-hybridized carbons (Fsp3) is 0.143. The lowest BCUT2D eigenvalue weighted by Crippen LogP contribution is -1.91. The third-order valence-electron chi connectivity index (χ3n) is 2.77. The topological polar surface area (TPSA) is 38.9 Å². The first-order valence-electron chi connectivity index (χ1n) is 5.86. The Kier molecular flexibility index (Phi) is 3.53. The molecule has 3 aromatic rings. The largest absolute Gasteiger partial charge is 0.439 e. The van der Waals surface area contributed by atoms with Crippen molar-refractivity contribution in [3.05, 3.63) is 57.5 Å². The molecule has 0 bridgehead atoms. The molecule has 0 aliphatic carbocycles. The van der Waals surface area contributed by atoms with Gasteiger partial charge in [-0.25, -0.2) is 4.98 Å². The number of nitrogens with zero attached hydrogens (tertiary/aromatic N) is 2. The predicted octanol–water partition coefficient (Wildman–Crippen LogP) is 4.42. The van der Waals surface area contributed by atoms with Crippen LogP contribution in [0.4, 0.5) is 0 Å². The first-order chi connectivity index (χ1) is 9.20. The maximum atomic E-state index is 5.95. The molecule has 0 spiro atoms. The molecule has 0 atom stereocenters. The second kappa shape index (κ2) is 5.31. The Morgan fingerprint density at radius 2 is 2.11 bits per heavy atom. The maximum absolute atomic E-state index is 5.95. The average Bonchev–Trinajstić information content (AvgIpc) is 2.78. The molecule has 0 amide bonds. The highest BCUT2D eigenvalue weighted by molar-refractivity contribution is 9.10. The van der Waals surface area contributed by atoms with Crippen LogP contribution in [0.15, 0.2) is 45.4 Å². The average molecular weight is 338 g/mol. The van der Waals surface area contributed by atoms with E-state index in [1.54, 1.807) is 6.20 Å². The van der Waals surface area contributed by atoms with Crippen LogP contribution >= 0.6 is 27.5 Å². The fourth-order valence-corrected chi connectivity index (χ4v) is 2.41.